The van der Waals surface area contributed by atoms with Gasteiger partial charge in [-0.1, -0.05) is 0 Å². The van der Waals surface area contributed by atoms with Crippen LogP contribution in [0.4, 0.5) is 11.6 Å². The maximum Gasteiger partial charge on any atom is 0.125 e. The lowest BCUT2D eigenvalue weighted by atomic mass is 10.4. The van der Waals surface area contributed by atoms with E-state index in [-0.39, 0.29) is 13.2 Å². The van der Waals surface area contributed by atoms with Gasteiger partial charge in [0.05, 0.1) is 24.2 Å². The topological polar surface area (TPSA) is 91.6 Å². The van der Waals surface area contributed by atoms with Crippen molar-refractivity contribution in [3.05, 3.63) is 12.1 Å². The van der Waals surface area contributed by atoms with E-state index in [0.717, 1.165) is 16.9 Å². The second-order valence-corrected chi connectivity index (χ2v) is 4.39. The number of nitrogens with one attached hydrogen (secondary N) is 1. The maximum atomic E-state index is 9.12. The second-order valence-electron chi connectivity index (χ2n) is 4.39. The Labute approximate surface area is 111 Å². The molecule has 7 heteroatoms. The summed E-state index contributed by atoms with van der Waals surface area (Å²) < 4.78 is 3.81. The standard InChI is InChI=1S/C12H21N5O2/c1-14-17-10-8-12(16(3-5-18)4-6-19)15(2)9(10)7-11(17)13/h7-8,14,18-19H,3-6,13H2,1-2H3. The minimum absolute atomic E-state index is 0.0452. The number of nitrogens with zero attached hydrogens (tertiary/aromatic N) is 3. The van der Waals surface area contributed by atoms with Gasteiger partial charge in [-0.15, -0.1) is 0 Å². The van der Waals surface area contributed by atoms with Gasteiger partial charge in [0.15, 0.2) is 0 Å². The molecule has 0 fully saturated rings. The number of anilines is 2. The molecule has 0 radical (unpaired) electrons. The Hall–Kier alpha value is -1.86. The molecule has 0 saturated heterocycles. The molecule has 19 heavy (non-hydrogen) atoms. The second kappa shape index (κ2) is 5.41. The van der Waals surface area contributed by atoms with Crippen molar-refractivity contribution in [1.29, 1.82) is 0 Å². The Balaban J connectivity index is 2.48. The molecule has 0 unspecified atom stereocenters. The van der Waals surface area contributed by atoms with Crippen LogP contribution < -0.4 is 16.1 Å². The number of aromatic nitrogens is 2. The summed E-state index contributed by atoms with van der Waals surface area (Å²) in [4.78, 5) is 1.94. The van der Waals surface area contributed by atoms with Gasteiger partial charge in [0.25, 0.3) is 0 Å². The van der Waals surface area contributed by atoms with Crippen LogP contribution in [-0.4, -0.2) is 52.8 Å². The van der Waals surface area contributed by atoms with E-state index < -0.39 is 0 Å². The van der Waals surface area contributed by atoms with E-state index in [1.165, 1.54) is 0 Å². The third kappa shape index (κ3) is 2.22. The largest absolute Gasteiger partial charge is 0.395 e. The molecule has 0 aliphatic rings. The Morgan fingerprint density at radius 1 is 1.21 bits per heavy atom. The number of aryl methyl sites for hydroxylation is 1. The van der Waals surface area contributed by atoms with E-state index in [1.807, 2.05) is 35.7 Å². The summed E-state index contributed by atoms with van der Waals surface area (Å²) in [5.74, 6) is 1.59. The highest BCUT2D eigenvalue weighted by atomic mass is 16.3. The summed E-state index contributed by atoms with van der Waals surface area (Å²) in [6.45, 7) is 1.05. The van der Waals surface area contributed by atoms with Crippen LogP contribution in [0.25, 0.3) is 11.0 Å². The number of fused-ring (bicyclic) bond motifs is 1. The summed E-state index contributed by atoms with van der Waals surface area (Å²) in [5.41, 5.74) is 10.9. The lowest BCUT2D eigenvalue weighted by Gasteiger charge is -2.23. The molecule has 0 aromatic carbocycles. The van der Waals surface area contributed by atoms with Gasteiger partial charge in [-0.05, 0) is 0 Å². The summed E-state index contributed by atoms with van der Waals surface area (Å²) in [5, 5.41) is 18.2. The van der Waals surface area contributed by atoms with Crippen molar-refractivity contribution in [2.75, 3.05) is 49.4 Å². The quantitative estimate of drug-likeness (QED) is 0.568. The zero-order chi connectivity index (χ0) is 14.0. The normalized spacial score (nSPS) is 11.2. The van der Waals surface area contributed by atoms with Crippen molar-refractivity contribution < 1.29 is 10.2 Å². The average molecular weight is 267 g/mol. The van der Waals surface area contributed by atoms with Crippen LogP contribution in [0.1, 0.15) is 0 Å². The van der Waals surface area contributed by atoms with E-state index in [9.17, 15) is 0 Å². The fraction of sp³-hybridized carbons (Fsp3) is 0.500. The molecule has 0 bridgehead atoms. The number of aliphatic hydroxyl groups is 2. The van der Waals surface area contributed by atoms with Crippen molar-refractivity contribution in [3.63, 3.8) is 0 Å². The van der Waals surface area contributed by atoms with Crippen molar-refractivity contribution in [2.24, 2.45) is 7.05 Å². The van der Waals surface area contributed by atoms with Gasteiger partial charge in [-0.2, -0.15) is 0 Å². The van der Waals surface area contributed by atoms with Crippen LogP contribution in [-0.2, 0) is 7.05 Å². The SMILES string of the molecule is CNn1c(N)cc2c1cc(N(CCO)CCO)n2C. The molecule has 2 heterocycles. The number of rotatable bonds is 6. The van der Waals surface area contributed by atoms with E-state index in [1.54, 1.807) is 4.68 Å². The van der Waals surface area contributed by atoms with Gasteiger partial charge in [0.1, 0.15) is 11.6 Å². The first kappa shape index (κ1) is 13.6. The lowest BCUT2D eigenvalue weighted by Crippen LogP contribution is -2.31. The summed E-state index contributed by atoms with van der Waals surface area (Å²) in [6, 6.07) is 3.89. The zero-order valence-corrected chi connectivity index (χ0v) is 11.3. The van der Waals surface area contributed by atoms with Crippen molar-refractivity contribution >= 4 is 22.7 Å². The third-order valence-electron chi connectivity index (χ3n) is 3.30. The van der Waals surface area contributed by atoms with Gasteiger partial charge < -0.3 is 30.8 Å². The highest BCUT2D eigenvalue weighted by Gasteiger charge is 2.16. The molecule has 0 amide bonds. The predicted molar refractivity (Wildman–Crippen MR) is 77.0 cm³/mol. The van der Waals surface area contributed by atoms with Crippen LogP contribution in [0.5, 0.6) is 0 Å². The van der Waals surface area contributed by atoms with Gasteiger partial charge >= 0.3 is 0 Å². The molecule has 0 aliphatic carbocycles. The molecule has 0 aliphatic heterocycles. The first-order chi connectivity index (χ1) is 9.13. The van der Waals surface area contributed by atoms with Gasteiger partial charge in [0.2, 0.25) is 0 Å². The van der Waals surface area contributed by atoms with Gasteiger partial charge in [0, 0.05) is 39.3 Å². The Morgan fingerprint density at radius 2 is 1.84 bits per heavy atom. The van der Waals surface area contributed by atoms with Crippen molar-refractivity contribution in [1.82, 2.24) is 9.24 Å². The molecule has 0 saturated carbocycles. The lowest BCUT2D eigenvalue weighted by molar-refractivity contribution is 0.280. The number of nitrogens with two attached hydrogens (primary N) is 1. The van der Waals surface area contributed by atoms with Crippen LogP contribution in [0.15, 0.2) is 12.1 Å². The van der Waals surface area contributed by atoms with E-state index in [2.05, 4.69) is 5.43 Å². The van der Waals surface area contributed by atoms with Crippen LogP contribution >= 0.6 is 0 Å². The van der Waals surface area contributed by atoms with Crippen LogP contribution in [0.2, 0.25) is 0 Å². The van der Waals surface area contributed by atoms with Gasteiger partial charge in [-0.25, -0.2) is 4.68 Å². The Bertz CT molecular complexity index is 554. The minimum atomic E-state index is 0.0452. The zero-order valence-electron chi connectivity index (χ0n) is 11.3. The molecule has 2 aromatic rings. The van der Waals surface area contributed by atoms with Crippen molar-refractivity contribution in [3.8, 4) is 0 Å². The summed E-state index contributed by atoms with van der Waals surface area (Å²) in [7, 11) is 3.75. The summed E-state index contributed by atoms with van der Waals surface area (Å²) >= 11 is 0. The fourth-order valence-corrected chi connectivity index (χ4v) is 2.42. The van der Waals surface area contributed by atoms with E-state index in [0.29, 0.717) is 18.9 Å². The van der Waals surface area contributed by atoms with E-state index >= 15 is 0 Å². The molecule has 2 aromatic heterocycles. The minimum Gasteiger partial charge on any atom is -0.395 e. The highest BCUT2D eigenvalue weighted by molar-refractivity contribution is 5.87. The molecule has 0 atom stereocenters. The fourth-order valence-electron chi connectivity index (χ4n) is 2.42. The number of nitrogen functional groups attached to an aromatic ring is 1. The monoisotopic (exact) mass is 267 g/mol. The molecular formula is C12H21N5O2. The maximum absolute atomic E-state index is 9.12. The third-order valence-corrected chi connectivity index (χ3v) is 3.30. The molecule has 5 N–H and O–H groups in total. The van der Waals surface area contributed by atoms with E-state index in [4.69, 9.17) is 15.9 Å². The Kier molecular flexibility index (Phi) is 3.87. The van der Waals surface area contributed by atoms with Crippen LogP contribution in [0, 0.1) is 0 Å². The molecular weight excluding hydrogens is 246 g/mol. The number of aliphatic hydroxyl groups excluding tert-OH is 2. The number of hydrogen-bond acceptors (Lipinski definition) is 5. The molecule has 7 nitrogen and oxygen atoms in total. The first-order valence-electron chi connectivity index (χ1n) is 6.25. The summed E-state index contributed by atoms with van der Waals surface area (Å²) in [6.07, 6.45) is 0. The predicted octanol–water partition coefficient (Wildman–Crippen LogP) is -0.474. The molecule has 106 valence electrons. The highest BCUT2D eigenvalue weighted by Crippen LogP contribution is 2.28. The Morgan fingerprint density at radius 3 is 2.37 bits per heavy atom. The first-order valence-corrected chi connectivity index (χ1v) is 6.25. The average Bonchev–Trinajstić information content (AvgIpc) is 2.85. The van der Waals surface area contributed by atoms with Crippen LogP contribution in [0.3, 0.4) is 0 Å². The number of hydrogen-bond donors (Lipinski definition) is 4. The van der Waals surface area contributed by atoms with Crippen molar-refractivity contribution in [2.45, 2.75) is 0 Å². The smallest absolute Gasteiger partial charge is 0.125 e. The van der Waals surface area contributed by atoms with Gasteiger partial charge in [-0.3, -0.25) is 0 Å². The molecule has 2 rings (SSSR count). The molecule has 0 spiro atoms.